The zero-order valence-corrected chi connectivity index (χ0v) is 64.8. The molecule has 0 rings (SSSR count). The van der Waals surface area contributed by atoms with Crippen LogP contribution in [0, 0.1) is 51.8 Å². The van der Waals surface area contributed by atoms with Gasteiger partial charge in [0, 0.05) is 0 Å². The summed E-state index contributed by atoms with van der Waals surface area (Å²) >= 11 is 0. The van der Waals surface area contributed by atoms with Crippen molar-refractivity contribution in [1.29, 1.82) is 0 Å². The fourth-order valence-corrected chi connectivity index (χ4v) is 10.0. The smallest absolute Gasteiger partial charge is 0.0331 e. The highest BCUT2D eigenvalue weighted by atomic mass is 14.3. The Bertz CT molecular complexity index is 999. The van der Waals surface area contributed by atoms with E-state index < -0.39 is 0 Å². The van der Waals surface area contributed by atoms with E-state index in [4.69, 9.17) is 0 Å². The summed E-state index contributed by atoms with van der Waals surface area (Å²) in [6, 6.07) is 0. The summed E-state index contributed by atoms with van der Waals surface area (Å²) in [7, 11) is 0. The van der Waals surface area contributed by atoms with E-state index in [1.807, 2.05) is 0 Å². The van der Waals surface area contributed by atoms with Gasteiger partial charge >= 0.3 is 0 Å². The Morgan fingerprint density at radius 2 is 0.439 bits per heavy atom. The molecule has 0 bridgehead atoms. The maximum absolute atomic E-state index is 2.43. The molecule has 508 valence electrons. The van der Waals surface area contributed by atoms with Gasteiger partial charge in [0.1, 0.15) is 0 Å². The van der Waals surface area contributed by atoms with Crippen LogP contribution in [0.4, 0.5) is 0 Å². The van der Waals surface area contributed by atoms with E-state index in [9.17, 15) is 0 Å². The monoisotopic (exact) mass is 1170 g/mol. The first-order valence-electron chi connectivity index (χ1n) is 39.0. The van der Waals surface area contributed by atoms with Crippen LogP contribution in [0.3, 0.4) is 0 Å². The average molecular weight is 1170 g/mol. The van der Waals surface area contributed by atoms with Crippen molar-refractivity contribution in [2.75, 3.05) is 0 Å². The molecule has 3 unspecified atom stereocenters. The second kappa shape index (κ2) is 79.0. The highest BCUT2D eigenvalue weighted by Crippen LogP contribution is 2.33. The predicted octanol–water partition coefficient (Wildman–Crippen LogP) is 32.7. The van der Waals surface area contributed by atoms with Gasteiger partial charge in [0.2, 0.25) is 0 Å². The number of rotatable bonds is 46. The summed E-state index contributed by atoms with van der Waals surface area (Å²) in [6.45, 7) is 64.7. The van der Waals surface area contributed by atoms with E-state index in [2.05, 4.69) is 194 Å². The van der Waals surface area contributed by atoms with Crippen molar-refractivity contribution in [2.45, 2.75) is 483 Å². The lowest BCUT2D eigenvalue weighted by Crippen LogP contribution is -2.13. The first-order chi connectivity index (χ1) is 39.0. The summed E-state index contributed by atoms with van der Waals surface area (Å²) < 4.78 is 0. The molecule has 0 amide bonds. The fourth-order valence-electron chi connectivity index (χ4n) is 10.0. The maximum Gasteiger partial charge on any atom is -0.0331 e. The Morgan fingerprint density at radius 3 is 0.744 bits per heavy atom. The molecule has 0 aliphatic rings. The fraction of sp³-hybridized carbons (Fsp3) is 1.00. The minimum Gasteiger partial charge on any atom is -0.0654 e. The molecule has 0 nitrogen and oxygen atoms in total. The third-order valence-electron chi connectivity index (χ3n) is 20.4. The molecule has 0 heterocycles. The molecule has 0 aliphatic heterocycles. The van der Waals surface area contributed by atoms with Gasteiger partial charge in [0.05, 0.1) is 0 Å². The van der Waals surface area contributed by atoms with Crippen LogP contribution in [0.1, 0.15) is 483 Å². The summed E-state index contributed by atoms with van der Waals surface area (Å²) in [4.78, 5) is 0. The number of hydrogen-bond acceptors (Lipinski definition) is 0. The van der Waals surface area contributed by atoms with Gasteiger partial charge in [0.15, 0.2) is 0 Å². The highest BCUT2D eigenvalue weighted by molar-refractivity contribution is 4.72. The summed E-state index contributed by atoms with van der Waals surface area (Å²) in [6.07, 6.45) is 62.9. The molecule has 0 saturated carbocycles. The van der Waals surface area contributed by atoms with Crippen LogP contribution in [0.5, 0.6) is 0 Å². The van der Waals surface area contributed by atoms with Crippen LogP contribution in [0.15, 0.2) is 0 Å². The van der Waals surface area contributed by atoms with Crippen LogP contribution in [0.2, 0.25) is 0 Å². The lowest BCUT2D eigenvalue weighted by atomic mass is 9.80. The number of unbranched alkanes of at least 4 members (excludes halogenated alkanes) is 16. The number of hydrogen-bond donors (Lipinski definition) is 0. The van der Waals surface area contributed by atoms with E-state index >= 15 is 0 Å². The minimum atomic E-state index is 0.633. The molecule has 0 N–H and O–H groups in total. The van der Waals surface area contributed by atoms with E-state index in [1.54, 1.807) is 0 Å². The third kappa shape index (κ3) is 84.2. The molecule has 0 fully saturated rings. The molecule has 0 spiro atoms. The van der Waals surface area contributed by atoms with Gasteiger partial charge in [-0.25, -0.2) is 0 Å². The van der Waals surface area contributed by atoms with E-state index in [-0.39, 0.29) is 0 Å². The molecule has 0 aliphatic carbocycles. The summed E-state index contributed by atoms with van der Waals surface area (Å²) in [5.74, 6) is 5.75. The minimum absolute atomic E-state index is 0.633. The van der Waals surface area contributed by atoms with Crippen molar-refractivity contribution in [3.63, 3.8) is 0 Å². The largest absolute Gasteiger partial charge is 0.0654 e. The lowest BCUT2D eigenvalue weighted by molar-refractivity contribution is 0.262. The van der Waals surface area contributed by atoms with Gasteiger partial charge < -0.3 is 0 Å². The zero-order valence-electron chi connectivity index (χ0n) is 64.8. The van der Waals surface area contributed by atoms with Crippen LogP contribution < -0.4 is 0 Å². The second-order valence-electron chi connectivity index (χ2n) is 28.5. The van der Waals surface area contributed by atoms with Gasteiger partial charge in [-0.15, -0.1) is 0 Å². The van der Waals surface area contributed by atoms with Crippen molar-refractivity contribution in [1.82, 2.24) is 0 Å². The molecular weight excluding hydrogens is 985 g/mol. The Balaban J connectivity index is -0.000000128. The van der Waals surface area contributed by atoms with Gasteiger partial charge in [-0.05, 0) is 71.0 Å². The summed E-state index contributed by atoms with van der Waals surface area (Å²) in [5, 5.41) is 0. The molecule has 0 saturated heterocycles. The predicted molar refractivity (Wildman–Crippen MR) is 395 cm³/mol. The van der Waals surface area contributed by atoms with Crippen molar-refractivity contribution in [3.05, 3.63) is 0 Å². The molecule has 3 atom stereocenters. The highest BCUT2D eigenvalue weighted by Gasteiger charge is 2.20. The molecule has 0 radical (unpaired) electrons. The molecule has 0 aromatic heterocycles. The quantitative estimate of drug-likeness (QED) is 0.0533. The molecular formula is C82H180. The van der Waals surface area contributed by atoms with Crippen molar-refractivity contribution < 1.29 is 0 Å². The Morgan fingerprint density at radius 1 is 0.207 bits per heavy atom. The Labute approximate surface area is 531 Å². The second-order valence-corrected chi connectivity index (χ2v) is 28.5. The Hall–Kier alpha value is 0. The van der Waals surface area contributed by atoms with Crippen LogP contribution in [0.25, 0.3) is 0 Å². The third-order valence-corrected chi connectivity index (χ3v) is 20.4. The van der Waals surface area contributed by atoms with Crippen molar-refractivity contribution in [3.8, 4) is 0 Å². The van der Waals surface area contributed by atoms with Crippen molar-refractivity contribution in [2.24, 2.45) is 51.8 Å². The SMILES string of the molecule is CCC(C)CCC(C)C.CCCCC(C)(CC)CC.CCCCC(CC)CC.CCCCCC(C)(CC)CC.CCCCCC(C)CC.CCCCCCC(C)(CC)CC.CCCCCCC(C)CC.CCCCCCCC(CC)CC. The Kier molecular flexibility index (Phi) is 94.7. The van der Waals surface area contributed by atoms with Gasteiger partial charge in [-0.1, -0.05) is 464 Å². The van der Waals surface area contributed by atoms with E-state index in [0.29, 0.717) is 16.2 Å². The van der Waals surface area contributed by atoms with E-state index in [0.717, 1.165) is 35.5 Å². The first kappa shape index (κ1) is 98.2. The van der Waals surface area contributed by atoms with Gasteiger partial charge in [-0.2, -0.15) is 0 Å². The van der Waals surface area contributed by atoms with Crippen LogP contribution >= 0.6 is 0 Å². The summed E-state index contributed by atoms with van der Waals surface area (Å²) in [5.41, 5.74) is 1.90. The average Bonchev–Trinajstić information content (AvgIpc) is 3.50. The topological polar surface area (TPSA) is 0 Å². The van der Waals surface area contributed by atoms with Crippen molar-refractivity contribution >= 4 is 0 Å². The van der Waals surface area contributed by atoms with Crippen LogP contribution in [-0.2, 0) is 0 Å². The van der Waals surface area contributed by atoms with Crippen LogP contribution in [-0.4, -0.2) is 0 Å². The normalized spacial score (nSPS) is 12.3. The molecule has 0 aromatic carbocycles. The van der Waals surface area contributed by atoms with Gasteiger partial charge in [0.25, 0.3) is 0 Å². The zero-order chi connectivity index (χ0) is 64.8. The molecule has 82 heavy (non-hydrogen) atoms. The lowest BCUT2D eigenvalue weighted by Gasteiger charge is -2.26. The van der Waals surface area contributed by atoms with E-state index in [1.165, 1.54) is 289 Å². The first-order valence-corrected chi connectivity index (χ1v) is 39.0. The maximum atomic E-state index is 2.43. The molecule has 0 heteroatoms. The standard InChI is InChI=1S/2C12H26.C11H24.2C10H22.3C9H20/c1-5-8-9-10-11-12(4,6-2)7-3;1-4-7-8-9-10-11-12(5-2)6-3;1-5-8-9-10-11(4,6-2)7-3;1-5-8-9-10(4,6-2)7-3;1-4-6-7-8-9-10(3)5-2;1-5-9(4)7-6-8(2)3;1-4-6-7-8-9(3)5-2;1-4-7-8-9(5-2)6-3/h5-11H2,1-4H3;12H,4-11H2,1-3H3;5-10H2,1-4H3;5-9H2,1-4H3;10H,4-9H2,1-3H3;8-9H,5-7H2,1-4H3;2*9H,4-8H2,1-3H3. The molecule has 0 aromatic rings. The van der Waals surface area contributed by atoms with Gasteiger partial charge in [-0.3, -0.25) is 0 Å².